The van der Waals surface area contributed by atoms with Crippen molar-refractivity contribution in [3.63, 3.8) is 0 Å². The maximum Gasteiger partial charge on any atom is 0.0448 e. The van der Waals surface area contributed by atoms with Crippen LogP contribution in [0, 0.1) is 0 Å². The molecule has 0 aliphatic rings. The van der Waals surface area contributed by atoms with Gasteiger partial charge in [-0.05, 0) is 35.2 Å². The summed E-state index contributed by atoms with van der Waals surface area (Å²) in [7, 11) is 0. The predicted octanol–water partition coefficient (Wildman–Crippen LogP) is 8.66. The van der Waals surface area contributed by atoms with Gasteiger partial charge < -0.3 is 0 Å². The summed E-state index contributed by atoms with van der Waals surface area (Å²) in [6, 6.07) is 26.5. The quantitative estimate of drug-likeness (QED) is 0.274. The number of hydrogen-bond acceptors (Lipinski definition) is 3. The Kier molecular flexibility index (Phi) is 3.48. The van der Waals surface area contributed by atoms with Crippen molar-refractivity contribution in [3.05, 3.63) is 83.6 Å². The van der Waals surface area contributed by atoms with Crippen molar-refractivity contribution in [2.24, 2.45) is 0 Å². The van der Waals surface area contributed by atoms with E-state index in [0.717, 1.165) is 0 Å². The summed E-state index contributed by atoms with van der Waals surface area (Å²) in [5, 5.41) is 8.58. The van der Waals surface area contributed by atoms with Crippen molar-refractivity contribution in [1.29, 1.82) is 0 Å². The van der Waals surface area contributed by atoms with E-state index in [9.17, 15) is 0 Å². The third-order valence-corrected chi connectivity index (χ3v) is 8.14. The molecule has 0 saturated carbocycles. The minimum atomic E-state index is 1.34. The Morgan fingerprint density at radius 3 is 2.15 bits per heavy atom. The Labute approximate surface area is 169 Å². The fourth-order valence-electron chi connectivity index (χ4n) is 3.87. The fraction of sp³-hybridized carbons (Fsp3) is 0. The summed E-state index contributed by atoms with van der Waals surface area (Å²) in [5.41, 5.74) is 4.08. The van der Waals surface area contributed by atoms with Crippen molar-refractivity contribution < 1.29 is 0 Å². The lowest BCUT2D eigenvalue weighted by Gasteiger charge is -2.07. The van der Waals surface area contributed by atoms with Gasteiger partial charge in [0.1, 0.15) is 0 Å². The van der Waals surface area contributed by atoms with Crippen molar-refractivity contribution in [2.75, 3.05) is 0 Å². The average Bonchev–Trinajstić information content (AvgIpc) is 3.43. The Hall–Kier alpha value is -2.46. The van der Waals surface area contributed by atoms with Gasteiger partial charge in [-0.2, -0.15) is 0 Å². The topological polar surface area (TPSA) is 0 Å². The van der Waals surface area contributed by atoms with Crippen LogP contribution in [-0.4, -0.2) is 0 Å². The van der Waals surface area contributed by atoms with Gasteiger partial charge in [0.2, 0.25) is 0 Å². The molecule has 0 aliphatic carbocycles. The summed E-state index contributed by atoms with van der Waals surface area (Å²) in [6.45, 7) is 0. The van der Waals surface area contributed by atoms with E-state index in [2.05, 4.69) is 83.6 Å². The fourth-order valence-corrected chi connectivity index (χ4v) is 6.95. The number of rotatable bonds is 2. The first kappa shape index (κ1) is 15.6. The van der Waals surface area contributed by atoms with Gasteiger partial charge in [-0.1, -0.05) is 48.5 Å². The molecule has 0 nitrogen and oxygen atoms in total. The molecule has 3 heteroatoms. The highest BCUT2D eigenvalue weighted by Gasteiger charge is 2.19. The van der Waals surface area contributed by atoms with Crippen LogP contribution in [0.2, 0.25) is 0 Å². The molecular formula is C24H14S3. The maximum absolute atomic E-state index is 2.33. The Morgan fingerprint density at radius 1 is 0.519 bits per heavy atom. The second-order valence-electron chi connectivity index (χ2n) is 6.59. The monoisotopic (exact) mass is 398 g/mol. The third-order valence-electron chi connectivity index (χ3n) is 5.09. The number of fused-ring (bicyclic) bond motifs is 3. The molecule has 27 heavy (non-hydrogen) atoms. The van der Waals surface area contributed by atoms with E-state index in [-0.39, 0.29) is 0 Å². The second-order valence-corrected chi connectivity index (χ2v) is 9.50. The zero-order chi connectivity index (χ0) is 17.8. The van der Waals surface area contributed by atoms with E-state index in [1.165, 1.54) is 51.8 Å². The predicted molar refractivity (Wildman–Crippen MR) is 123 cm³/mol. The van der Waals surface area contributed by atoms with Crippen molar-refractivity contribution in [3.8, 4) is 21.6 Å². The first-order valence-electron chi connectivity index (χ1n) is 8.85. The van der Waals surface area contributed by atoms with Gasteiger partial charge in [0, 0.05) is 51.6 Å². The summed E-state index contributed by atoms with van der Waals surface area (Å²) in [5.74, 6) is 0. The van der Waals surface area contributed by atoms with Crippen LogP contribution < -0.4 is 0 Å². The van der Waals surface area contributed by atoms with Crippen LogP contribution in [0.3, 0.4) is 0 Å². The molecule has 6 aromatic rings. The van der Waals surface area contributed by atoms with Crippen LogP contribution in [0.5, 0.6) is 0 Å². The molecule has 3 aromatic heterocycles. The number of hydrogen-bond donors (Lipinski definition) is 0. The van der Waals surface area contributed by atoms with Crippen molar-refractivity contribution in [1.82, 2.24) is 0 Å². The minimum Gasteiger partial charge on any atom is -0.144 e. The van der Waals surface area contributed by atoms with Crippen LogP contribution in [0.15, 0.2) is 83.6 Å². The van der Waals surface area contributed by atoms with E-state index in [1.807, 2.05) is 34.0 Å². The molecule has 0 N–H and O–H groups in total. The van der Waals surface area contributed by atoms with E-state index in [1.54, 1.807) is 0 Å². The van der Waals surface area contributed by atoms with Crippen molar-refractivity contribution >= 4 is 64.3 Å². The van der Waals surface area contributed by atoms with E-state index < -0.39 is 0 Å². The van der Waals surface area contributed by atoms with E-state index >= 15 is 0 Å². The largest absolute Gasteiger partial charge is 0.144 e. The van der Waals surface area contributed by atoms with E-state index in [4.69, 9.17) is 0 Å². The molecule has 6 rings (SSSR count). The first-order valence-corrected chi connectivity index (χ1v) is 11.4. The highest BCUT2D eigenvalue weighted by Crippen LogP contribution is 2.49. The summed E-state index contributed by atoms with van der Waals surface area (Å²) < 4.78 is 4.05. The molecule has 0 aliphatic heterocycles. The van der Waals surface area contributed by atoms with Gasteiger partial charge in [0.25, 0.3) is 0 Å². The maximum atomic E-state index is 2.33. The first-order chi connectivity index (χ1) is 13.4. The Morgan fingerprint density at radius 2 is 1.22 bits per heavy atom. The number of thiophene rings is 3. The molecule has 0 amide bonds. The SMILES string of the molecule is c1ccc2c(-c3sc4ccccc4c3-c3cccc4sccc34)csc2c1. The van der Waals surface area contributed by atoms with Gasteiger partial charge in [0.05, 0.1) is 0 Å². The molecular weight excluding hydrogens is 384 g/mol. The third kappa shape index (κ3) is 2.32. The smallest absolute Gasteiger partial charge is 0.0448 e. The molecule has 0 fully saturated rings. The van der Waals surface area contributed by atoms with Gasteiger partial charge >= 0.3 is 0 Å². The summed E-state index contributed by atoms with van der Waals surface area (Å²) >= 11 is 5.56. The molecule has 0 radical (unpaired) electrons. The van der Waals surface area contributed by atoms with Crippen LogP contribution in [-0.2, 0) is 0 Å². The van der Waals surface area contributed by atoms with E-state index in [0.29, 0.717) is 0 Å². The highest BCUT2D eigenvalue weighted by molar-refractivity contribution is 7.24. The average molecular weight is 399 g/mol. The lowest BCUT2D eigenvalue weighted by atomic mass is 9.96. The minimum absolute atomic E-state index is 1.34. The van der Waals surface area contributed by atoms with Crippen LogP contribution in [0.4, 0.5) is 0 Å². The van der Waals surface area contributed by atoms with Gasteiger partial charge in [-0.25, -0.2) is 0 Å². The number of benzene rings is 3. The molecule has 0 bridgehead atoms. The van der Waals surface area contributed by atoms with Crippen LogP contribution >= 0.6 is 34.0 Å². The van der Waals surface area contributed by atoms with Crippen LogP contribution in [0.1, 0.15) is 0 Å². The van der Waals surface area contributed by atoms with Gasteiger partial charge in [0.15, 0.2) is 0 Å². The normalized spacial score (nSPS) is 11.7. The molecule has 3 aromatic carbocycles. The molecule has 0 spiro atoms. The van der Waals surface area contributed by atoms with Crippen LogP contribution in [0.25, 0.3) is 51.8 Å². The molecule has 0 saturated heterocycles. The van der Waals surface area contributed by atoms with Gasteiger partial charge in [-0.15, -0.1) is 34.0 Å². The lowest BCUT2D eigenvalue weighted by molar-refractivity contribution is 1.77. The molecule has 0 unspecified atom stereocenters. The Balaban J connectivity index is 1.76. The van der Waals surface area contributed by atoms with Crippen molar-refractivity contribution in [2.45, 2.75) is 0 Å². The zero-order valence-corrected chi connectivity index (χ0v) is 16.8. The lowest BCUT2D eigenvalue weighted by Crippen LogP contribution is -1.81. The summed E-state index contributed by atoms with van der Waals surface area (Å²) in [4.78, 5) is 1.38. The second kappa shape index (κ2) is 6.03. The zero-order valence-electron chi connectivity index (χ0n) is 14.3. The standard InChI is InChI=1S/C24H14S3/c1-3-9-21-15(6-1)19(14-26-21)24-23(18-7-2-4-10-22(18)27-24)17-8-5-11-20-16(17)12-13-25-20/h1-14H. The molecule has 128 valence electrons. The Bertz CT molecular complexity index is 1430. The van der Waals surface area contributed by atoms with Gasteiger partial charge in [-0.3, -0.25) is 0 Å². The molecule has 3 heterocycles. The molecule has 0 atom stereocenters. The summed E-state index contributed by atoms with van der Waals surface area (Å²) in [6.07, 6.45) is 0. The highest BCUT2D eigenvalue weighted by atomic mass is 32.1.